The Balaban J connectivity index is 1.52. The van der Waals surface area contributed by atoms with Gasteiger partial charge in [-0.3, -0.25) is 4.79 Å². The number of halogens is 1. The summed E-state index contributed by atoms with van der Waals surface area (Å²) in [7, 11) is 0. The van der Waals surface area contributed by atoms with Crippen LogP contribution in [0.15, 0.2) is 24.3 Å². The summed E-state index contributed by atoms with van der Waals surface area (Å²) in [4.78, 5) is 14.5. The van der Waals surface area contributed by atoms with Gasteiger partial charge < -0.3 is 10.2 Å². The number of carbonyl (C=O) groups is 1. The molecule has 1 saturated carbocycles. The lowest BCUT2D eigenvalue weighted by Gasteiger charge is -2.32. The molecule has 0 radical (unpaired) electrons. The van der Waals surface area contributed by atoms with E-state index >= 15 is 0 Å². The zero-order valence-corrected chi connectivity index (χ0v) is 10.9. The standard InChI is InChI=1S/C15H19FN2O/c16-12-3-1-2-11(10-12)15(19)17-13-6-8-18(9-7-13)14-4-5-14/h1-3,10,13-14H,4-9H2,(H,17,19). The van der Waals surface area contributed by atoms with Crippen molar-refractivity contribution in [2.24, 2.45) is 0 Å². The molecule has 1 aromatic rings. The van der Waals surface area contributed by atoms with Crippen LogP contribution in [0.1, 0.15) is 36.0 Å². The first-order valence-corrected chi connectivity index (χ1v) is 7.03. The predicted octanol–water partition coefficient (Wildman–Crippen LogP) is 2.18. The Morgan fingerprint density at radius 2 is 1.95 bits per heavy atom. The van der Waals surface area contributed by atoms with Gasteiger partial charge in [-0.15, -0.1) is 0 Å². The lowest BCUT2D eigenvalue weighted by atomic mass is 10.0. The van der Waals surface area contributed by atoms with E-state index in [-0.39, 0.29) is 17.8 Å². The number of nitrogens with one attached hydrogen (secondary N) is 1. The molecule has 1 saturated heterocycles. The molecule has 0 bridgehead atoms. The second-order valence-corrected chi connectivity index (χ2v) is 5.53. The highest BCUT2D eigenvalue weighted by Crippen LogP contribution is 2.29. The van der Waals surface area contributed by atoms with Crippen LogP contribution in [0.2, 0.25) is 0 Å². The number of piperidine rings is 1. The topological polar surface area (TPSA) is 32.3 Å². The van der Waals surface area contributed by atoms with E-state index in [0.29, 0.717) is 5.56 Å². The number of likely N-dealkylation sites (tertiary alicyclic amines) is 1. The predicted molar refractivity (Wildman–Crippen MR) is 71.5 cm³/mol. The van der Waals surface area contributed by atoms with Gasteiger partial charge in [-0.25, -0.2) is 4.39 Å². The third-order valence-corrected chi connectivity index (χ3v) is 4.01. The van der Waals surface area contributed by atoms with Crippen molar-refractivity contribution in [2.45, 2.75) is 37.8 Å². The summed E-state index contributed by atoms with van der Waals surface area (Å²) in [5.41, 5.74) is 0.407. The average molecular weight is 262 g/mol. The molecule has 102 valence electrons. The first-order chi connectivity index (χ1) is 9.22. The minimum atomic E-state index is -0.365. The minimum absolute atomic E-state index is 0.163. The minimum Gasteiger partial charge on any atom is -0.349 e. The third-order valence-electron chi connectivity index (χ3n) is 4.01. The second-order valence-electron chi connectivity index (χ2n) is 5.53. The van der Waals surface area contributed by atoms with Crippen molar-refractivity contribution in [2.75, 3.05) is 13.1 Å². The van der Waals surface area contributed by atoms with Gasteiger partial charge >= 0.3 is 0 Å². The van der Waals surface area contributed by atoms with Crippen molar-refractivity contribution in [3.63, 3.8) is 0 Å². The summed E-state index contributed by atoms with van der Waals surface area (Å²) in [6.07, 6.45) is 4.66. The Kier molecular flexibility index (Phi) is 3.51. The molecule has 2 fully saturated rings. The second kappa shape index (κ2) is 5.29. The highest BCUT2D eigenvalue weighted by molar-refractivity contribution is 5.94. The first-order valence-electron chi connectivity index (χ1n) is 7.03. The summed E-state index contributed by atoms with van der Waals surface area (Å²) < 4.78 is 13.1. The van der Waals surface area contributed by atoms with Crippen molar-refractivity contribution in [3.8, 4) is 0 Å². The lowest BCUT2D eigenvalue weighted by molar-refractivity contribution is 0.0908. The van der Waals surface area contributed by atoms with Gasteiger partial charge in [0.2, 0.25) is 0 Å². The maximum atomic E-state index is 13.1. The van der Waals surface area contributed by atoms with Crippen LogP contribution in [0.3, 0.4) is 0 Å². The van der Waals surface area contributed by atoms with Gasteiger partial charge in [0, 0.05) is 30.7 Å². The highest BCUT2D eigenvalue weighted by Gasteiger charge is 2.32. The van der Waals surface area contributed by atoms with E-state index in [0.717, 1.165) is 32.0 Å². The van der Waals surface area contributed by atoms with Crippen LogP contribution in [0.4, 0.5) is 4.39 Å². The van der Waals surface area contributed by atoms with Crippen molar-refractivity contribution in [1.82, 2.24) is 10.2 Å². The number of carbonyl (C=O) groups excluding carboxylic acids is 1. The number of nitrogens with zero attached hydrogens (tertiary/aromatic N) is 1. The van der Waals surface area contributed by atoms with E-state index in [1.165, 1.54) is 25.0 Å². The number of hydrogen-bond donors (Lipinski definition) is 1. The summed E-state index contributed by atoms with van der Waals surface area (Å²) in [5.74, 6) is -0.527. The molecule has 0 aromatic heterocycles. The Morgan fingerprint density at radius 3 is 2.58 bits per heavy atom. The van der Waals surface area contributed by atoms with Crippen LogP contribution in [-0.2, 0) is 0 Å². The zero-order valence-electron chi connectivity index (χ0n) is 10.9. The molecule has 1 amide bonds. The summed E-state index contributed by atoms with van der Waals surface area (Å²) in [5, 5.41) is 3.01. The molecule has 3 rings (SSSR count). The SMILES string of the molecule is O=C(NC1CCN(C2CC2)CC1)c1cccc(F)c1. The van der Waals surface area contributed by atoms with Crippen molar-refractivity contribution in [1.29, 1.82) is 0 Å². The van der Waals surface area contributed by atoms with E-state index < -0.39 is 0 Å². The van der Waals surface area contributed by atoms with E-state index in [4.69, 9.17) is 0 Å². The first kappa shape index (κ1) is 12.6. The fraction of sp³-hybridized carbons (Fsp3) is 0.533. The van der Waals surface area contributed by atoms with E-state index in [1.54, 1.807) is 12.1 Å². The monoisotopic (exact) mass is 262 g/mol. The Hall–Kier alpha value is -1.42. The lowest BCUT2D eigenvalue weighted by Crippen LogP contribution is -2.45. The molecule has 0 atom stereocenters. The number of hydrogen-bond acceptors (Lipinski definition) is 2. The molecule has 0 unspecified atom stereocenters. The van der Waals surface area contributed by atoms with Gasteiger partial charge in [0.15, 0.2) is 0 Å². The normalized spacial score (nSPS) is 21.3. The molecule has 1 aliphatic carbocycles. The van der Waals surface area contributed by atoms with E-state index in [9.17, 15) is 9.18 Å². The quantitative estimate of drug-likeness (QED) is 0.905. The van der Waals surface area contributed by atoms with E-state index in [1.807, 2.05) is 0 Å². The van der Waals surface area contributed by atoms with Crippen LogP contribution in [0.25, 0.3) is 0 Å². The molecule has 1 heterocycles. The average Bonchev–Trinajstić information content (AvgIpc) is 3.24. The number of benzene rings is 1. The Morgan fingerprint density at radius 1 is 1.21 bits per heavy atom. The molecular formula is C15H19FN2O. The van der Waals surface area contributed by atoms with Gasteiger partial charge in [0.25, 0.3) is 5.91 Å². The molecule has 1 aromatic carbocycles. The fourth-order valence-corrected chi connectivity index (χ4v) is 2.75. The van der Waals surface area contributed by atoms with E-state index in [2.05, 4.69) is 10.2 Å². The molecule has 1 N–H and O–H groups in total. The van der Waals surface area contributed by atoms with Crippen molar-refractivity contribution in [3.05, 3.63) is 35.6 Å². The van der Waals surface area contributed by atoms with Crippen LogP contribution in [0, 0.1) is 5.82 Å². The zero-order chi connectivity index (χ0) is 13.2. The molecule has 3 nitrogen and oxygen atoms in total. The summed E-state index contributed by atoms with van der Waals surface area (Å²) >= 11 is 0. The number of rotatable bonds is 3. The summed E-state index contributed by atoms with van der Waals surface area (Å²) in [6.45, 7) is 2.14. The van der Waals surface area contributed by atoms with Gasteiger partial charge in [-0.05, 0) is 43.9 Å². The Labute approximate surface area is 112 Å². The smallest absolute Gasteiger partial charge is 0.251 e. The number of amides is 1. The largest absolute Gasteiger partial charge is 0.349 e. The third kappa shape index (κ3) is 3.13. The van der Waals surface area contributed by atoms with Gasteiger partial charge in [0.05, 0.1) is 0 Å². The van der Waals surface area contributed by atoms with Gasteiger partial charge in [-0.1, -0.05) is 6.07 Å². The highest BCUT2D eigenvalue weighted by atomic mass is 19.1. The molecule has 2 aliphatic rings. The van der Waals surface area contributed by atoms with Crippen molar-refractivity contribution < 1.29 is 9.18 Å². The van der Waals surface area contributed by atoms with Crippen LogP contribution in [0.5, 0.6) is 0 Å². The molecule has 0 spiro atoms. The molecular weight excluding hydrogens is 243 g/mol. The Bertz CT molecular complexity index is 465. The maximum absolute atomic E-state index is 13.1. The van der Waals surface area contributed by atoms with Crippen LogP contribution in [-0.4, -0.2) is 36.0 Å². The molecule has 19 heavy (non-hydrogen) atoms. The molecule has 4 heteroatoms. The fourth-order valence-electron chi connectivity index (χ4n) is 2.75. The van der Waals surface area contributed by atoms with Crippen molar-refractivity contribution >= 4 is 5.91 Å². The summed E-state index contributed by atoms with van der Waals surface area (Å²) in [6, 6.07) is 6.89. The molecule has 1 aliphatic heterocycles. The maximum Gasteiger partial charge on any atom is 0.251 e. The van der Waals surface area contributed by atoms with Crippen LogP contribution >= 0.6 is 0 Å². The van der Waals surface area contributed by atoms with Gasteiger partial charge in [0.1, 0.15) is 5.82 Å². The van der Waals surface area contributed by atoms with Gasteiger partial charge in [-0.2, -0.15) is 0 Å². The van der Waals surface area contributed by atoms with Crippen LogP contribution < -0.4 is 5.32 Å².